The number of phenolic OH excluding ortho intramolecular Hbond substituents is 1. The van der Waals surface area contributed by atoms with Crippen LogP contribution in [-0.4, -0.2) is 40.6 Å². The van der Waals surface area contributed by atoms with Crippen molar-refractivity contribution in [1.29, 1.82) is 0 Å². The van der Waals surface area contributed by atoms with Crippen LogP contribution in [0.1, 0.15) is 16.8 Å². The number of carbonyl (C=O) groups is 2. The van der Waals surface area contributed by atoms with E-state index in [1.54, 1.807) is 24.3 Å². The molecule has 0 aromatic heterocycles. The van der Waals surface area contributed by atoms with Gasteiger partial charge in [0.05, 0.1) is 12.0 Å². The lowest BCUT2D eigenvalue weighted by Crippen LogP contribution is -2.29. The molecule has 0 bridgehead atoms. The van der Waals surface area contributed by atoms with E-state index in [0.29, 0.717) is 5.39 Å². The minimum atomic E-state index is -0.965. The molecule has 0 aliphatic rings. The number of rotatable bonds is 4. The van der Waals surface area contributed by atoms with Gasteiger partial charge in [-0.15, -0.1) is 0 Å². The van der Waals surface area contributed by atoms with Crippen LogP contribution in [0.5, 0.6) is 5.75 Å². The molecule has 0 saturated heterocycles. The Balaban J connectivity index is 2.30. The number of aliphatic carboxylic acids is 1. The highest BCUT2D eigenvalue weighted by Crippen LogP contribution is 2.29. The molecule has 0 spiro atoms. The Kier molecular flexibility index (Phi) is 3.89. The summed E-state index contributed by atoms with van der Waals surface area (Å²) in [6, 6.07) is 10.5. The maximum absolute atomic E-state index is 12.2. The zero-order valence-electron chi connectivity index (χ0n) is 11.0. The molecule has 0 saturated carbocycles. The first-order valence-corrected chi connectivity index (χ1v) is 6.18. The minimum Gasteiger partial charge on any atom is -0.506 e. The SMILES string of the molecule is CN(CCC(=O)O)C(=O)c1ccc2ccccc2c1O. The summed E-state index contributed by atoms with van der Waals surface area (Å²) in [7, 11) is 1.51. The van der Waals surface area contributed by atoms with Gasteiger partial charge in [-0.1, -0.05) is 30.3 Å². The van der Waals surface area contributed by atoms with Crippen LogP contribution in [0.4, 0.5) is 0 Å². The molecule has 2 aromatic rings. The normalized spacial score (nSPS) is 10.4. The van der Waals surface area contributed by atoms with Gasteiger partial charge in [-0.3, -0.25) is 9.59 Å². The summed E-state index contributed by atoms with van der Waals surface area (Å²) in [6.45, 7) is 0.0977. The average Bonchev–Trinajstić information content (AvgIpc) is 2.44. The van der Waals surface area contributed by atoms with Gasteiger partial charge in [0.25, 0.3) is 5.91 Å². The second kappa shape index (κ2) is 5.61. The number of hydrogen-bond donors (Lipinski definition) is 2. The Morgan fingerprint density at radius 3 is 2.55 bits per heavy atom. The van der Waals surface area contributed by atoms with E-state index in [4.69, 9.17) is 5.11 Å². The van der Waals surface area contributed by atoms with Crippen LogP contribution in [0.2, 0.25) is 0 Å². The Morgan fingerprint density at radius 1 is 1.15 bits per heavy atom. The molecule has 5 heteroatoms. The predicted octanol–water partition coefficient (Wildman–Crippen LogP) is 2.09. The Bertz CT molecular complexity index is 666. The number of fused-ring (bicyclic) bond motifs is 1. The lowest BCUT2D eigenvalue weighted by molar-refractivity contribution is -0.137. The molecule has 0 fully saturated rings. The average molecular weight is 273 g/mol. The summed E-state index contributed by atoms with van der Waals surface area (Å²) in [5.41, 5.74) is 0.177. The number of carboxylic acids is 1. The van der Waals surface area contributed by atoms with Crippen LogP contribution in [0, 0.1) is 0 Å². The third-order valence-electron chi connectivity index (χ3n) is 3.14. The van der Waals surface area contributed by atoms with Crippen LogP contribution < -0.4 is 0 Å². The summed E-state index contributed by atoms with van der Waals surface area (Å²) in [6.07, 6.45) is -0.128. The third kappa shape index (κ3) is 2.71. The standard InChI is InChI=1S/C15H15NO4/c1-16(9-8-13(17)18)15(20)12-7-6-10-4-2-3-5-11(10)14(12)19/h2-7,19H,8-9H2,1H3,(H,17,18). The molecule has 0 unspecified atom stereocenters. The van der Waals surface area contributed by atoms with Crippen molar-refractivity contribution < 1.29 is 19.8 Å². The van der Waals surface area contributed by atoms with E-state index < -0.39 is 11.9 Å². The third-order valence-corrected chi connectivity index (χ3v) is 3.14. The number of aromatic hydroxyl groups is 1. The van der Waals surface area contributed by atoms with Crippen LogP contribution in [0.25, 0.3) is 10.8 Å². The Labute approximate surface area is 116 Å². The summed E-state index contributed by atoms with van der Waals surface area (Å²) in [5.74, 6) is -1.43. The van der Waals surface area contributed by atoms with Crippen molar-refractivity contribution in [3.63, 3.8) is 0 Å². The zero-order chi connectivity index (χ0) is 14.7. The summed E-state index contributed by atoms with van der Waals surface area (Å²) in [4.78, 5) is 24.0. The van der Waals surface area contributed by atoms with Gasteiger partial charge in [0.2, 0.25) is 0 Å². The lowest BCUT2D eigenvalue weighted by atomic mass is 10.0. The summed E-state index contributed by atoms with van der Waals surface area (Å²) >= 11 is 0. The molecular formula is C15H15NO4. The maximum atomic E-state index is 12.2. The first kappa shape index (κ1) is 13.9. The second-order valence-electron chi connectivity index (χ2n) is 4.55. The number of hydrogen-bond acceptors (Lipinski definition) is 3. The number of nitrogens with zero attached hydrogens (tertiary/aromatic N) is 1. The van der Waals surface area contributed by atoms with Gasteiger partial charge in [-0.2, -0.15) is 0 Å². The van der Waals surface area contributed by atoms with Gasteiger partial charge in [-0.25, -0.2) is 0 Å². The number of carboxylic acid groups (broad SMARTS) is 1. The molecule has 0 aliphatic carbocycles. The number of carbonyl (C=O) groups excluding carboxylic acids is 1. The van der Waals surface area contributed by atoms with E-state index >= 15 is 0 Å². The molecule has 20 heavy (non-hydrogen) atoms. The number of benzene rings is 2. The maximum Gasteiger partial charge on any atom is 0.305 e. The quantitative estimate of drug-likeness (QED) is 0.894. The molecule has 2 rings (SSSR count). The fourth-order valence-electron chi connectivity index (χ4n) is 2.00. The first-order chi connectivity index (χ1) is 9.50. The smallest absolute Gasteiger partial charge is 0.305 e. The molecule has 0 atom stereocenters. The van der Waals surface area contributed by atoms with E-state index in [1.807, 2.05) is 12.1 Å². The number of amides is 1. The van der Waals surface area contributed by atoms with E-state index in [0.717, 1.165) is 5.39 Å². The van der Waals surface area contributed by atoms with E-state index in [2.05, 4.69) is 0 Å². The van der Waals surface area contributed by atoms with Gasteiger partial charge in [0.15, 0.2) is 0 Å². The molecular weight excluding hydrogens is 258 g/mol. The fourth-order valence-corrected chi connectivity index (χ4v) is 2.00. The van der Waals surface area contributed by atoms with E-state index in [9.17, 15) is 14.7 Å². The molecule has 2 N–H and O–H groups in total. The summed E-state index contributed by atoms with van der Waals surface area (Å²) < 4.78 is 0. The molecule has 104 valence electrons. The van der Waals surface area contributed by atoms with Crippen LogP contribution in [-0.2, 0) is 4.79 Å². The zero-order valence-corrected chi connectivity index (χ0v) is 11.0. The molecule has 0 radical (unpaired) electrons. The van der Waals surface area contributed by atoms with Crippen molar-refractivity contribution in [3.8, 4) is 5.75 Å². The molecule has 0 aliphatic heterocycles. The van der Waals surface area contributed by atoms with Crippen molar-refractivity contribution in [2.75, 3.05) is 13.6 Å². The van der Waals surface area contributed by atoms with Crippen LogP contribution in [0.15, 0.2) is 36.4 Å². The Hall–Kier alpha value is -2.56. The van der Waals surface area contributed by atoms with Gasteiger partial charge < -0.3 is 15.1 Å². The molecule has 5 nitrogen and oxygen atoms in total. The van der Waals surface area contributed by atoms with Crippen molar-refractivity contribution in [2.24, 2.45) is 0 Å². The van der Waals surface area contributed by atoms with Crippen LogP contribution in [0.3, 0.4) is 0 Å². The van der Waals surface area contributed by atoms with Crippen LogP contribution >= 0.6 is 0 Å². The topological polar surface area (TPSA) is 77.8 Å². The molecule has 0 heterocycles. The lowest BCUT2D eigenvalue weighted by Gasteiger charge is -2.17. The highest BCUT2D eigenvalue weighted by atomic mass is 16.4. The minimum absolute atomic E-state index is 0.0738. The highest BCUT2D eigenvalue weighted by Gasteiger charge is 2.17. The van der Waals surface area contributed by atoms with E-state index in [-0.39, 0.29) is 24.3 Å². The van der Waals surface area contributed by atoms with Crippen molar-refractivity contribution in [2.45, 2.75) is 6.42 Å². The van der Waals surface area contributed by atoms with Crippen molar-refractivity contribution >= 4 is 22.6 Å². The van der Waals surface area contributed by atoms with Gasteiger partial charge in [0, 0.05) is 19.0 Å². The van der Waals surface area contributed by atoms with Crippen molar-refractivity contribution in [3.05, 3.63) is 42.0 Å². The highest BCUT2D eigenvalue weighted by molar-refractivity contribution is 6.03. The second-order valence-corrected chi connectivity index (χ2v) is 4.55. The largest absolute Gasteiger partial charge is 0.506 e. The van der Waals surface area contributed by atoms with Gasteiger partial charge in [0.1, 0.15) is 5.75 Å². The predicted molar refractivity (Wildman–Crippen MR) is 74.8 cm³/mol. The van der Waals surface area contributed by atoms with Gasteiger partial charge >= 0.3 is 5.97 Å². The Morgan fingerprint density at radius 2 is 1.85 bits per heavy atom. The molecule has 1 amide bonds. The monoisotopic (exact) mass is 273 g/mol. The van der Waals surface area contributed by atoms with Gasteiger partial charge in [-0.05, 0) is 11.5 Å². The fraction of sp³-hybridized carbons (Fsp3) is 0.200. The van der Waals surface area contributed by atoms with Crippen molar-refractivity contribution in [1.82, 2.24) is 4.90 Å². The number of phenols is 1. The first-order valence-electron chi connectivity index (χ1n) is 6.18. The molecule has 2 aromatic carbocycles. The summed E-state index contributed by atoms with van der Waals surface area (Å²) in [5, 5.41) is 20.2. The van der Waals surface area contributed by atoms with E-state index in [1.165, 1.54) is 11.9 Å².